The lowest BCUT2D eigenvalue weighted by Crippen LogP contribution is -2.39. The maximum Gasteiger partial charge on any atom is 0.268 e. The molecular formula is C26H25ClN2O5. The van der Waals surface area contributed by atoms with Crippen molar-refractivity contribution in [1.82, 2.24) is 9.88 Å². The van der Waals surface area contributed by atoms with Crippen LogP contribution in [0.1, 0.15) is 65.2 Å². The Labute approximate surface area is 201 Å². The molecule has 34 heavy (non-hydrogen) atoms. The maximum absolute atomic E-state index is 13.6. The number of pyridine rings is 1. The number of phenolic OH excluding ortho intramolecular Hbond substituents is 2. The van der Waals surface area contributed by atoms with Crippen LogP contribution in [0.5, 0.6) is 11.5 Å². The molecule has 0 bridgehead atoms. The lowest BCUT2D eigenvalue weighted by molar-refractivity contribution is 0.0908. The highest BCUT2D eigenvalue weighted by Gasteiger charge is 2.35. The second-order valence-corrected chi connectivity index (χ2v) is 9.85. The molecule has 8 heteroatoms. The van der Waals surface area contributed by atoms with E-state index >= 15 is 0 Å². The highest BCUT2D eigenvalue weighted by atomic mass is 35.5. The smallest absolute Gasteiger partial charge is 0.268 e. The van der Waals surface area contributed by atoms with Gasteiger partial charge in [-0.15, -0.1) is 0 Å². The average Bonchev–Trinajstić information content (AvgIpc) is 2.73. The Balaban J connectivity index is 1.82. The molecule has 0 radical (unpaired) electrons. The molecule has 1 amide bonds. The minimum atomic E-state index is -0.673. The number of benzene rings is 2. The van der Waals surface area contributed by atoms with Crippen molar-refractivity contribution in [2.75, 3.05) is 0 Å². The SMILES string of the molecule is CC(NC(=O)c1cc2c(n(-c3ccc(Cl)cc3)c1=O)CC(C)(C)CC2=O)c1ccc(O)cc1O. The second-order valence-electron chi connectivity index (χ2n) is 9.41. The van der Waals surface area contributed by atoms with Gasteiger partial charge in [0.25, 0.3) is 11.5 Å². The zero-order chi connectivity index (χ0) is 24.8. The molecule has 0 spiro atoms. The van der Waals surface area contributed by atoms with Crippen molar-refractivity contribution < 1.29 is 19.8 Å². The van der Waals surface area contributed by atoms with Crippen LogP contribution in [0.15, 0.2) is 53.3 Å². The van der Waals surface area contributed by atoms with Crippen molar-refractivity contribution in [3.63, 3.8) is 0 Å². The fourth-order valence-electron chi connectivity index (χ4n) is 4.39. The number of nitrogens with one attached hydrogen (secondary N) is 1. The number of carbonyl (C=O) groups is 2. The Kier molecular flexibility index (Phi) is 6.00. The molecule has 1 aromatic heterocycles. The van der Waals surface area contributed by atoms with Gasteiger partial charge < -0.3 is 15.5 Å². The molecule has 1 heterocycles. The Hall–Kier alpha value is -3.58. The molecule has 0 saturated carbocycles. The van der Waals surface area contributed by atoms with Crippen molar-refractivity contribution >= 4 is 23.3 Å². The van der Waals surface area contributed by atoms with E-state index in [0.29, 0.717) is 40.4 Å². The number of hydrogen-bond donors (Lipinski definition) is 3. The summed E-state index contributed by atoms with van der Waals surface area (Å²) in [5.41, 5.74) is 0.737. The molecular weight excluding hydrogens is 456 g/mol. The molecule has 2 aromatic carbocycles. The van der Waals surface area contributed by atoms with Gasteiger partial charge in [-0.3, -0.25) is 19.0 Å². The number of halogens is 1. The number of fused-ring (bicyclic) bond motifs is 1. The lowest BCUT2D eigenvalue weighted by Gasteiger charge is -2.32. The molecule has 4 rings (SSSR count). The van der Waals surface area contributed by atoms with Crippen molar-refractivity contribution in [1.29, 1.82) is 0 Å². The van der Waals surface area contributed by atoms with E-state index in [1.165, 1.54) is 28.8 Å². The van der Waals surface area contributed by atoms with Crippen LogP contribution in [-0.2, 0) is 6.42 Å². The Morgan fingerprint density at radius 1 is 1.06 bits per heavy atom. The fourth-order valence-corrected chi connectivity index (χ4v) is 4.52. The summed E-state index contributed by atoms with van der Waals surface area (Å²) in [6.45, 7) is 5.59. The monoisotopic (exact) mass is 480 g/mol. The first kappa shape index (κ1) is 23.6. The molecule has 1 unspecified atom stereocenters. The van der Waals surface area contributed by atoms with E-state index in [2.05, 4.69) is 5.32 Å². The molecule has 1 aliphatic rings. The molecule has 176 valence electrons. The fraction of sp³-hybridized carbons (Fsp3) is 0.269. The number of phenols is 2. The van der Waals surface area contributed by atoms with Gasteiger partial charge in [0.2, 0.25) is 0 Å². The summed E-state index contributed by atoms with van der Waals surface area (Å²) in [6, 6.07) is 11.4. The van der Waals surface area contributed by atoms with E-state index in [9.17, 15) is 24.6 Å². The first-order valence-corrected chi connectivity index (χ1v) is 11.3. The lowest BCUT2D eigenvalue weighted by atomic mass is 9.75. The Morgan fingerprint density at radius 3 is 2.38 bits per heavy atom. The van der Waals surface area contributed by atoms with Crippen LogP contribution in [-0.4, -0.2) is 26.5 Å². The van der Waals surface area contributed by atoms with Crippen LogP contribution in [0.4, 0.5) is 0 Å². The third-order valence-electron chi connectivity index (χ3n) is 6.05. The summed E-state index contributed by atoms with van der Waals surface area (Å²) in [6.07, 6.45) is 0.795. The minimum Gasteiger partial charge on any atom is -0.508 e. The quantitative estimate of drug-likeness (QED) is 0.507. The van der Waals surface area contributed by atoms with Gasteiger partial charge in [-0.05, 0) is 61.2 Å². The van der Waals surface area contributed by atoms with E-state index in [1.54, 1.807) is 31.2 Å². The van der Waals surface area contributed by atoms with E-state index in [1.807, 2.05) is 13.8 Å². The number of Topliss-reactive ketones (excluding diaryl/α,β-unsaturated/α-hetero) is 1. The molecule has 3 N–H and O–H groups in total. The molecule has 3 aromatic rings. The third kappa shape index (κ3) is 4.43. The molecule has 0 saturated heterocycles. The number of ketones is 1. The van der Waals surface area contributed by atoms with Gasteiger partial charge >= 0.3 is 0 Å². The number of nitrogens with zero attached hydrogens (tertiary/aromatic N) is 1. The van der Waals surface area contributed by atoms with Crippen LogP contribution < -0.4 is 10.9 Å². The highest BCUT2D eigenvalue weighted by Crippen LogP contribution is 2.35. The molecule has 0 aliphatic heterocycles. The summed E-state index contributed by atoms with van der Waals surface area (Å²) < 4.78 is 1.42. The molecule has 1 atom stereocenters. The second kappa shape index (κ2) is 8.65. The summed E-state index contributed by atoms with van der Waals surface area (Å²) in [5, 5.41) is 22.8. The summed E-state index contributed by atoms with van der Waals surface area (Å²) >= 11 is 6.03. The van der Waals surface area contributed by atoms with Crippen molar-refractivity contribution in [3.05, 3.63) is 86.3 Å². The van der Waals surface area contributed by atoms with E-state index in [4.69, 9.17) is 11.6 Å². The van der Waals surface area contributed by atoms with E-state index < -0.39 is 17.5 Å². The number of hydrogen-bond acceptors (Lipinski definition) is 5. The van der Waals surface area contributed by atoms with Crippen LogP contribution >= 0.6 is 11.6 Å². The number of aromatic nitrogens is 1. The first-order chi connectivity index (χ1) is 16.0. The molecule has 1 aliphatic carbocycles. The van der Waals surface area contributed by atoms with Crippen LogP contribution in [0.25, 0.3) is 5.69 Å². The van der Waals surface area contributed by atoms with Crippen molar-refractivity contribution in [2.24, 2.45) is 5.41 Å². The Bertz CT molecular complexity index is 1360. The molecule has 7 nitrogen and oxygen atoms in total. The van der Waals surface area contributed by atoms with Crippen molar-refractivity contribution in [2.45, 2.75) is 39.7 Å². The van der Waals surface area contributed by atoms with E-state index in [0.717, 1.165) is 0 Å². The van der Waals surface area contributed by atoms with Crippen LogP contribution in [0.3, 0.4) is 0 Å². The first-order valence-electron chi connectivity index (χ1n) is 10.9. The summed E-state index contributed by atoms with van der Waals surface area (Å²) in [4.78, 5) is 39.8. The zero-order valence-electron chi connectivity index (χ0n) is 19.1. The van der Waals surface area contributed by atoms with Crippen LogP contribution in [0.2, 0.25) is 5.02 Å². The highest BCUT2D eigenvalue weighted by molar-refractivity contribution is 6.30. The Morgan fingerprint density at radius 2 is 1.74 bits per heavy atom. The predicted molar refractivity (Wildman–Crippen MR) is 129 cm³/mol. The standard InChI is InChI=1S/C26H25ClN2O5/c1-14(18-9-8-17(30)10-22(18)31)28-24(33)20-11-19-21(12-26(2,3)13-23(19)32)29(25(20)34)16-6-4-15(27)5-7-16/h4-11,14,30-31H,12-13H2,1-3H3,(H,28,33). The molecule has 0 fully saturated rings. The van der Waals surface area contributed by atoms with Gasteiger partial charge in [0, 0.05) is 40.0 Å². The van der Waals surface area contributed by atoms with Gasteiger partial charge in [-0.2, -0.15) is 0 Å². The van der Waals surface area contributed by atoms with Crippen molar-refractivity contribution in [3.8, 4) is 17.2 Å². The van der Waals surface area contributed by atoms with E-state index in [-0.39, 0.29) is 28.3 Å². The average molecular weight is 481 g/mol. The van der Waals surface area contributed by atoms with Gasteiger partial charge in [0.15, 0.2) is 5.78 Å². The summed E-state index contributed by atoms with van der Waals surface area (Å²) in [5.74, 6) is -1.10. The van der Waals surface area contributed by atoms with Crippen LogP contribution in [0, 0.1) is 5.41 Å². The third-order valence-corrected chi connectivity index (χ3v) is 6.30. The van der Waals surface area contributed by atoms with Gasteiger partial charge in [0.1, 0.15) is 17.1 Å². The number of rotatable bonds is 4. The topological polar surface area (TPSA) is 109 Å². The number of amides is 1. The zero-order valence-corrected chi connectivity index (χ0v) is 19.8. The minimum absolute atomic E-state index is 0.109. The van der Waals surface area contributed by atoms with Gasteiger partial charge in [-0.25, -0.2) is 0 Å². The van der Waals surface area contributed by atoms with Gasteiger partial charge in [0.05, 0.1) is 6.04 Å². The maximum atomic E-state index is 13.6. The predicted octanol–water partition coefficient (Wildman–Crippen LogP) is 4.55. The van der Waals surface area contributed by atoms with Gasteiger partial charge in [-0.1, -0.05) is 25.4 Å². The number of carbonyl (C=O) groups excluding carboxylic acids is 2. The normalized spacial score (nSPS) is 15.5. The number of aromatic hydroxyl groups is 2. The summed E-state index contributed by atoms with van der Waals surface area (Å²) in [7, 11) is 0. The largest absolute Gasteiger partial charge is 0.508 e.